The maximum absolute atomic E-state index is 12.6. The van der Waals surface area contributed by atoms with E-state index < -0.39 is 10.0 Å². The van der Waals surface area contributed by atoms with Gasteiger partial charge in [0, 0.05) is 27.9 Å². The van der Waals surface area contributed by atoms with E-state index in [1.54, 1.807) is 19.9 Å². The quantitative estimate of drug-likeness (QED) is 0.499. The van der Waals surface area contributed by atoms with E-state index in [2.05, 4.69) is 20.0 Å². The third-order valence-corrected chi connectivity index (χ3v) is 6.80. The van der Waals surface area contributed by atoms with Crippen LogP contribution in [-0.2, 0) is 20.6 Å². The van der Waals surface area contributed by atoms with Gasteiger partial charge < -0.3 is 5.32 Å². The summed E-state index contributed by atoms with van der Waals surface area (Å²) in [5.74, 6) is 0.702. The lowest BCUT2D eigenvalue weighted by Crippen LogP contribution is -2.16. The van der Waals surface area contributed by atoms with Crippen LogP contribution < -0.4 is 10.0 Å². The third-order valence-electron chi connectivity index (χ3n) is 4.10. The molecule has 3 aromatic rings. The lowest BCUT2D eigenvalue weighted by molar-refractivity contribution is -0.113. The second-order valence-electron chi connectivity index (χ2n) is 6.74. The van der Waals surface area contributed by atoms with Crippen molar-refractivity contribution in [2.24, 2.45) is 0 Å². The van der Waals surface area contributed by atoms with E-state index >= 15 is 0 Å². The molecule has 1 amide bonds. The van der Waals surface area contributed by atoms with Gasteiger partial charge in [-0.2, -0.15) is 0 Å². The van der Waals surface area contributed by atoms with Crippen LogP contribution >= 0.6 is 23.4 Å². The molecule has 0 saturated carbocycles. The highest BCUT2D eigenvalue weighted by Crippen LogP contribution is 2.21. The Hall–Kier alpha value is -2.62. The molecule has 0 unspecified atom stereocenters. The summed E-state index contributed by atoms with van der Waals surface area (Å²) in [6, 6.07) is 15.1. The molecule has 0 atom stereocenters. The maximum Gasteiger partial charge on any atom is 0.264 e. The number of aromatic nitrogens is 2. The van der Waals surface area contributed by atoms with Gasteiger partial charge in [-0.25, -0.2) is 23.1 Å². The van der Waals surface area contributed by atoms with Crippen molar-refractivity contribution >= 4 is 50.9 Å². The first-order valence-electron chi connectivity index (χ1n) is 9.29. The van der Waals surface area contributed by atoms with E-state index in [0.29, 0.717) is 27.9 Å². The zero-order chi connectivity index (χ0) is 22.4. The van der Waals surface area contributed by atoms with Crippen LogP contribution in [0.1, 0.15) is 17.0 Å². The van der Waals surface area contributed by atoms with Crippen LogP contribution in [0.3, 0.4) is 0 Å². The number of carbonyl (C=O) groups is 1. The Morgan fingerprint density at radius 3 is 2.32 bits per heavy atom. The number of sulfonamides is 1. The number of halogens is 1. The average Bonchev–Trinajstić information content (AvgIpc) is 2.69. The largest absolute Gasteiger partial charge is 0.325 e. The number of benzene rings is 2. The van der Waals surface area contributed by atoms with E-state index in [-0.39, 0.29) is 22.5 Å². The van der Waals surface area contributed by atoms with Gasteiger partial charge in [0.25, 0.3) is 10.0 Å². The molecule has 1 aromatic heterocycles. The second kappa shape index (κ2) is 10.1. The summed E-state index contributed by atoms with van der Waals surface area (Å²) in [5, 5.41) is 3.43. The molecule has 0 aliphatic carbocycles. The van der Waals surface area contributed by atoms with Crippen molar-refractivity contribution in [2.45, 2.75) is 24.5 Å². The van der Waals surface area contributed by atoms with Gasteiger partial charge in [0.15, 0.2) is 0 Å². The molecule has 2 N–H and O–H groups in total. The highest BCUT2D eigenvalue weighted by molar-refractivity contribution is 7.99. The zero-order valence-corrected chi connectivity index (χ0v) is 19.3. The number of anilines is 2. The lowest BCUT2D eigenvalue weighted by atomic mass is 10.2. The Morgan fingerprint density at radius 1 is 1.03 bits per heavy atom. The highest BCUT2D eigenvalue weighted by atomic mass is 35.5. The first-order valence-corrected chi connectivity index (χ1v) is 12.3. The van der Waals surface area contributed by atoms with Crippen molar-refractivity contribution in [3.8, 4) is 0 Å². The Labute approximate surface area is 190 Å². The summed E-state index contributed by atoms with van der Waals surface area (Å²) >= 11 is 7.55. The molecule has 1 heterocycles. The molecular formula is C21H21ClN4O3S2. The number of nitrogens with one attached hydrogen (secondary N) is 2. The molecule has 3 rings (SSSR count). The molecule has 0 saturated heterocycles. The third kappa shape index (κ3) is 6.68. The Morgan fingerprint density at radius 2 is 1.68 bits per heavy atom. The van der Waals surface area contributed by atoms with Gasteiger partial charge in [0.2, 0.25) is 11.9 Å². The summed E-state index contributed by atoms with van der Waals surface area (Å²) in [5.41, 5.74) is 2.80. The van der Waals surface area contributed by atoms with E-state index in [1.165, 1.54) is 36.0 Å². The summed E-state index contributed by atoms with van der Waals surface area (Å²) in [6.07, 6.45) is 0. The van der Waals surface area contributed by atoms with Gasteiger partial charge in [0.1, 0.15) is 0 Å². The van der Waals surface area contributed by atoms with Crippen molar-refractivity contribution in [2.75, 3.05) is 15.8 Å². The highest BCUT2D eigenvalue weighted by Gasteiger charge is 2.16. The van der Waals surface area contributed by atoms with Gasteiger partial charge in [-0.05, 0) is 55.8 Å². The SMILES string of the molecule is Cc1cc(C)nc(NS(=O)(=O)c2ccc(NC(=O)CSCc3ccccc3Cl)cc2)n1. The normalized spacial score (nSPS) is 11.2. The molecule has 0 aliphatic rings. The van der Waals surface area contributed by atoms with Gasteiger partial charge in [0.05, 0.1) is 10.6 Å². The zero-order valence-electron chi connectivity index (χ0n) is 16.9. The molecule has 0 aliphatic heterocycles. The summed E-state index contributed by atoms with van der Waals surface area (Å²) in [4.78, 5) is 20.4. The predicted octanol–water partition coefficient (Wildman–Crippen LogP) is 4.42. The molecule has 0 fully saturated rings. The monoisotopic (exact) mass is 476 g/mol. The minimum atomic E-state index is -3.85. The fourth-order valence-electron chi connectivity index (χ4n) is 2.73. The standard InChI is InChI=1S/C21H21ClN4O3S2/c1-14-11-15(2)24-21(23-14)26-31(28,29)18-9-7-17(8-10-18)25-20(27)13-30-12-16-5-3-4-6-19(16)22/h3-11H,12-13H2,1-2H3,(H,25,27)(H,23,24,26). The fourth-order valence-corrected chi connectivity index (χ4v) is 4.79. The molecule has 31 heavy (non-hydrogen) atoms. The van der Waals surface area contributed by atoms with E-state index in [0.717, 1.165) is 5.56 Å². The molecular weight excluding hydrogens is 456 g/mol. The van der Waals surface area contributed by atoms with Crippen LogP contribution in [0.2, 0.25) is 5.02 Å². The van der Waals surface area contributed by atoms with Crippen LogP contribution in [0, 0.1) is 13.8 Å². The Balaban J connectivity index is 1.56. The van der Waals surface area contributed by atoms with Gasteiger partial charge in [-0.15, -0.1) is 11.8 Å². The number of hydrogen-bond donors (Lipinski definition) is 2. The summed E-state index contributed by atoms with van der Waals surface area (Å²) in [6.45, 7) is 3.52. The van der Waals surface area contributed by atoms with Crippen molar-refractivity contribution < 1.29 is 13.2 Å². The first kappa shape index (κ1) is 23.1. The van der Waals surface area contributed by atoms with Crippen LogP contribution in [0.4, 0.5) is 11.6 Å². The summed E-state index contributed by atoms with van der Waals surface area (Å²) < 4.78 is 27.5. The number of hydrogen-bond acceptors (Lipinski definition) is 6. The van der Waals surface area contributed by atoms with Gasteiger partial charge in [-0.3, -0.25) is 4.79 Å². The maximum atomic E-state index is 12.6. The Kier molecular flexibility index (Phi) is 7.53. The number of amides is 1. The predicted molar refractivity (Wildman–Crippen MR) is 125 cm³/mol. The molecule has 2 aromatic carbocycles. The number of aryl methyl sites for hydroxylation is 2. The first-order chi connectivity index (χ1) is 14.7. The number of rotatable bonds is 8. The van der Waals surface area contributed by atoms with Crippen molar-refractivity contribution in [1.82, 2.24) is 9.97 Å². The second-order valence-corrected chi connectivity index (χ2v) is 9.81. The minimum absolute atomic E-state index is 0.0189. The van der Waals surface area contributed by atoms with Crippen LogP contribution in [0.15, 0.2) is 59.5 Å². The van der Waals surface area contributed by atoms with E-state index in [4.69, 9.17) is 11.6 Å². The van der Waals surface area contributed by atoms with Gasteiger partial charge >= 0.3 is 0 Å². The molecule has 0 spiro atoms. The van der Waals surface area contributed by atoms with Crippen LogP contribution in [0.25, 0.3) is 0 Å². The van der Waals surface area contributed by atoms with Gasteiger partial charge in [-0.1, -0.05) is 29.8 Å². The fraction of sp³-hybridized carbons (Fsp3) is 0.190. The average molecular weight is 477 g/mol. The number of nitrogens with zero attached hydrogens (tertiary/aromatic N) is 2. The molecule has 7 nitrogen and oxygen atoms in total. The minimum Gasteiger partial charge on any atom is -0.325 e. The van der Waals surface area contributed by atoms with Crippen LogP contribution in [0.5, 0.6) is 0 Å². The lowest BCUT2D eigenvalue weighted by Gasteiger charge is -2.09. The molecule has 162 valence electrons. The number of carbonyl (C=O) groups excluding carboxylic acids is 1. The molecule has 10 heteroatoms. The summed E-state index contributed by atoms with van der Waals surface area (Å²) in [7, 11) is -3.85. The number of thioether (sulfide) groups is 1. The van der Waals surface area contributed by atoms with Crippen molar-refractivity contribution in [1.29, 1.82) is 0 Å². The molecule has 0 radical (unpaired) electrons. The van der Waals surface area contributed by atoms with Crippen molar-refractivity contribution in [3.05, 3.63) is 76.6 Å². The van der Waals surface area contributed by atoms with Crippen molar-refractivity contribution in [3.63, 3.8) is 0 Å². The smallest absolute Gasteiger partial charge is 0.264 e. The van der Waals surface area contributed by atoms with E-state index in [1.807, 2.05) is 24.3 Å². The van der Waals surface area contributed by atoms with E-state index in [9.17, 15) is 13.2 Å². The molecule has 0 bridgehead atoms. The van der Waals surface area contributed by atoms with Crippen LogP contribution in [-0.4, -0.2) is 30.0 Å². The topological polar surface area (TPSA) is 101 Å². The Bertz CT molecular complexity index is 1170.